The van der Waals surface area contributed by atoms with Gasteiger partial charge in [-0.15, -0.1) is 0 Å². The van der Waals surface area contributed by atoms with Crippen molar-refractivity contribution in [2.75, 3.05) is 0 Å². The summed E-state index contributed by atoms with van der Waals surface area (Å²) in [7, 11) is 0. The van der Waals surface area contributed by atoms with Gasteiger partial charge in [0.2, 0.25) is 5.91 Å². The number of carboxylic acids is 1. The lowest BCUT2D eigenvalue weighted by atomic mass is 9.85. The molecule has 1 saturated carbocycles. The zero-order valence-corrected chi connectivity index (χ0v) is 10.7. The van der Waals surface area contributed by atoms with E-state index in [9.17, 15) is 9.59 Å². The molecule has 1 heterocycles. The SMILES string of the molecule is O=C(O)C=C1CCC(C(=O)NCc2ccc[nH]2)CC1. The highest BCUT2D eigenvalue weighted by Crippen LogP contribution is 2.28. The van der Waals surface area contributed by atoms with E-state index in [1.165, 1.54) is 6.08 Å². The molecule has 0 unspecified atom stereocenters. The highest BCUT2D eigenvalue weighted by atomic mass is 16.4. The van der Waals surface area contributed by atoms with Crippen molar-refractivity contribution < 1.29 is 14.7 Å². The van der Waals surface area contributed by atoms with Crippen molar-refractivity contribution in [1.82, 2.24) is 10.3 Å². The minimum absolute atomic E-state index is 0.000840. The Morgan fingerprint density at radius 2 is 2.16 bits per heavy atom. The molecule has 1 aromatic heterocycles. The normalized spacial score (nSPS) is 18.9. The Morgan fingerprint density at radius 1 is 1.42 bits per heavy atom. The van der Waals surface area contributed by atoms with Gasteiger partial charge in [0.25, 0.3) is 0 Å². The number of carbonyl (C=O) groups is 2. The molecule has 0 radical (unpaired) electrons. The molecule has 1 amide bonds. The fourth-order valence-corrected chi connectivity index (χ4v) is 2.37. The Morgan fingerprint density at radius 3 is 2.74 bits per heavy atom. The van der Waals surface area contributed by atoms with E-state index < -0.39 is 5.97 Å². The average molecular weight is 262 g/mol. The summed E-state index contributed by atoms with van der Waals surface area (Å²) in [6, 6.07) is 3.82. The second-order valence-electron chi connectivity index (χ2n) is 4.83. The summed E-state index contributed by atoms with van der Waals surface area (Å²) in [5, 5.41) is 11.6. The van der Waals surface area contributed by atoms with E-state index in [1.54, 1.807) is 0 Å². The van der Waals surface area contributed by atoms with Crippen LogP contribution in [-0.4, -0.2) is 22.0 Å². The second-order valence-corrected chi connectivity index (χ2v) is 4.83. The minimum atomic E-state index is -0.898. The minimum Gasteiger partial charge on any atom is -0.478 e. The van der Waals surface area contributed by atoms with Gasteiger partial charge in [0.15, 0.2) is 0 Å². The molecule has 5 heteroatoms. The topological polar surface area (TPSA) is 82.2 Å². The van der Waals surface area contributed by atoms with E-state index in [2.05, 4.69) is 10.3 Å². The Kier molecular flexibility index (Phi) is 4.39. The summed E-state index contributed by atoms with van der Waals surface area (Å²) < 4.78 is 0. The number of aromatic amines is 1. The number of hydrogen-bond donors (Lipinski definition) is 3. The number of carbonyl (C=O) groups excluding carboxylic acids is 1. The van der Waals surface area contributed by atoms with Gasteiger partial charge in [-0.25, -0.2) is 4.79 Å². The number of nitrogens with one attached hydrogen (secondary N) is 2. The van der Waals surface area contributed by atoms with Crippen LogP contribution < -0.4 is 5.32 Å². The zero-order valence-electron chi connectivity index (χ0n) is 10.7. The van der Waals surface area contributed by atoms with Crippen LogP contribution in [0.1, 0.15) is 31.4 Å². The Labute approximate surface area is 111 Å². The Bertz CT molecular complexity index is 467. The molecule has 0 spiro atoms. The second kappa shape index (κ2) is 6.22. The van der Waals surface area contributed by atoms with E-state index in [0.29, 0.717) is 19.4 Å². The molecule has 5 nitrogen and oxygen atoms in total. The molecule has 1 aliphatic carbocycles. The maximum atomic E-state index is 12.0. The molecular weight excluding hydrogens is 244 g/mol. The van der Waals surface area contributed by atoms with E-state index in [-0.39, 0.29) is 11.8 Å². The van der Waals surface area contributed by atoms with Crippen LogP contribution in [-0.2, 0) is 16.1 Å². The lowest BCUT2D eigenvalue weighted by molar-refractivity contribution is -0.131. The Hall–Kier alpha value is -2.04. The molecule has 1 aliphatic rings. The third-order valence-electron chi connectivity index (χ3n) is 3.44. The van der Waals surface area contributed by atoms with E-state index >= 15 is 0 Å². The smallest absolute Gasteiger partial charge is 0.328 e. The maximum absolute atomic E-state index is 12.0. The molecule has 19 heavy (non-hydrogen) atoms. The number of H-pyrrole nitrogens is 1. The van der Waals surface area contributed by atoms with Gasteiger partial charge in [0, 0.05) is 23.9 Å². The van der Waals surface area contributed by atoms with Crippen LogP contribution >= 0.6 is 0 Å². The Balaban J connectivity index is 1.77. The van der Waals surface area contributed by atoms with E-state index in [1.807, 2.05) is 18.3 Å². The lowest BCUT2D eigenvalue weighted by Gasteiger charge is -2.22. The first-order valence-corrected chi connectivity index (χ1v) is 6.47. The molecule has 1 fully saturated rings. The van der Waals surface area contributed by atoms with Crippen LogP contribution in [0.15, 0.2) is 30.0 Å². The molecule has 1 aromatic rings. The predicted octanol–water partition coefficient (Wildman–Crippen LogP) is 1.83. The summed E-state index contributed by atoms with van der Waals surface area (Å²) in [5.41, 5.74) is 1.91. The predicted molar refractivity (Wildman–Crippen MR) is 70.3 cm³/mol. The number of carboxylic acid groups (broad SMARTS) is 1. The van der Waals surface area contributed by atoms with Gasteiger partial charge in [-0.1, -0.05) is 5.57 Å². The van der Waals surface area contributed by atoms with E-state index in [0.717, 1.165) is 24.1 Å². The molecule has 0 saturated heterocycles. The van der Waals surface area contributed by atoms with Gasteiger partial charge in [0.05, 0.1) is 6.54 Å². The molecule has 3 N–H and O–H groups in total. The lowest BCUT2D eigenvalue weighted by Crippen LogP contribution is -2.31. The zero-order chi connectivity index (χ0) is 13.7. The first-order valence-electron chi connectivity index (χ1n) is 6.47. The van der Waals surface area contributed by atoms with Gasteiger partial charge in [-0.2, -0.15) is 0 Å². The average Bonchev–Trinajstić information content (AvgIpc) is 2.89. The summed E-state index contributed by atoms with van der Waals surface area (Å²) >= 11 is 0. The molecule has 0 atom stereocenters. The maximum Gasteiger partial charge on any atom is 0.328 e. The molecule has 102 valence electrons. The highest BCUT2D eigenvalue weighted by Gasteiger charge is 2.23. The van der Waals surface area contributed by atoms with Crippen molar-refractivity contribution in [3.05, 3.63) is 35.7 Å². The standard InChI is InChI=1S/C14H18N2O3/c17-13(18)8-10-3-5-11(6-4-10)14(19)16-9-12-2-1-7-15-12/h1-2,7-8,11,15H,3-6,9H2,(H,16,19)(H,17,18). The van der Waals surface area contributed by atoms with Gasteiger partial charge < -0.3 is 15.4 Å². The number of aliphatic carboxylic acids is 1. The quantitative estimate of drug-likeness (QED) is 0.724. The number of allylic oxidation sites excluding steroid dienone is 1. The van der Waals surface area contributed by atoms with Crippen molar-refractivity contribution in [2.45, 2.75) is 32.2 Å². The van der Waals surface area contributed by atoms with Crippen molar-refractivity contribution >= 4 is 11.9 Å². The van der Waals surface area contributed by atoms with Gasteiger partial charge in [0.1, 0.15) is 0 Å². The monoisotopic (exact) mass is 262 g/mol. The summed E-state index contributed by atoms with van der Waals surface area (Å²) in [5.74, 6) is -0.838. The summed E-state index contributed by atoms with van der Waals surface area (Å²) in [4.78, 5) is 25.6. The number of amides is 1. The number of rotatable bonds is 4. The molecular formula is C14H18N2O3. The first kappa shape index (κ1) is 13.4. The van der Waals surface area contributed by atoms with Crippen molar-refractivity contribution in [3.8, 4) is 0 Å². The summed E-state index contributed by atoms with van der Waals surface area (Å²) in [6.07, 6.45) is 5.96. The van der Waals surface area contributed by atoms with Crippen molar-refractivity contribution in [1.29, 1.82) is 0 Å². The first-order chi connectivity index (χ1) is 9.15. The third kappa shape index (κ3) is 3.98. The van der Waals surface area contributed by atoms with Crippen LogP contribution in [0.2, 0.25) is 0 Å². The molecule has 2 rings (SSSR count). The largest absolute Gasteiger partial charge is 0.478 e. The third-order valence-corrected chi connectivity index (χ3v) is 3.44. The number of aromatic nitrogens is 1. The van der Waals surface area contributed by atoms with Gasteiger partial charge >= 0.3 is 5.97 Å². The molecule has 0 bridgehead atoms. The van der Waals surface area contributed by atoms with Crippen LogP contribution in [0.4, 0.5) is 0 Å². The molecule has 0 aromatic carbocycles. The van der Waals surface area contributed by atoms with E-state index in [4.69, 9.17) is 5.11 Å². The van der Waals surface area contributed by atoms with Crippen molar-refractivity contribution in [2.24, 2.45) is 5.92 Å². The highest BCUT2D eigenvalue weighted by molar-refractivity contribution is 5.81. The van der Waals surface area contributed by atoms with Crippen LogP contribution in [0, 0.1) is 5.92 Å². The van der Waals surface area contributed by atoms with Crippen molar-refractivity contribution in [3.63, 3.8) is 0 Å². The van der Waals surface area contributed by atoms with Crippen LogP contribution in [0.5, 0.6) is 0 Å². The summed E-state index contributed by atoms with van der Waals surface area (Å²) in [6.45, 7) is 0.514. The fourth-order valence-electron chi connectivity index (χ4n) is 2.37. The van der Waals surface area contributed by atoms with Gasteiger partial charge in [-0.3, -0.25) is 4.79 Å². The molecule has 0 aliphatic heterocycles. The van der Waals surface area contributed by atoms with Crippen LogP contribution in [0.25, 0.3) is 0 Å². The van der Waals surface area contributed by atoms with Crippen LogP contribution in [0.3, 0.4) is 0 Å². The number of hydrogen-bond acceptors (Lipinski definition) is 2. The fraction of sp³-hybridized carbons (Fsp3) is 0.429. The van der Waals surface area contributed by atoms with Gasteiger partial charge in [-0.05, 0) is 37.8 Å².